The lowest BCUT2D eigenvalue weighted by Gasteiger charge is -2.16. The van der Waals surface area contributed by atoms with Crippen molar-refractivity contribution in [2.24, 2.45) is 5.41 Å². The molecule has 0 radical (unpaired) electrons. The Hall–Kier alpha value is -2.13. The number of nitro groups is 1. The fraction of sp³-hybridized carbons (Fsp3) is 0.333. The first-order valence-electron chi connectivity index (χ1n) is 5.41. The van der Waals surface area contributed by atoms with Gasteiger partial charge < -0.3 is 5.32 Å². The SMILES string of the molecule is CC(C)(C#N)CNC(=O)c1cccc([N+](=O)[O-])c1Cl. The largest absolute Gasteiger partial charge is 0.350 e. The molecule has 19 heavy (non-hydrogen) atoms. The fourth-order valence-electron chi connectivity index (χ4n) is 1.27. The molecule has 0 aromatic heterocycles. The number of hydrogen-bond acceptors (Lipinski definition) is 4. The Morgan fingerprint density at radius 1 is 1.58 bits per heavy atom. The van der Waals surface area contributed by atoms with Crippen LogP contribution in [-0.4, -0.2) is 17.4 Å². The highest BCUT2D eigenvalue weighted by molar-refractivity contribution is 6.35. The maximum Gasteiger partial charge on any atom is 0.288 e. The van der Waals surface area contributed by atoms with Gasteiger partial charge in [-0.1, -0.05) is 17.7 Å². The van der Waals surface area contributed by atoms with Gasteiger partial charge in [-0.3, -0.25) is 14.9 Å². The normalized spacial score (nSPS) is 10.6. The molecular formula is C12H12ClN3O3. The lowest BCUT2D eigenvalue weighted by Crippen LogP contribution is -2.33. The number of hydrogen-bond donors (Lipinski definition) is 1. The molecule has 1 aromatic rings. The van der Waals surface area contributed by atoms with Gasteiger partial charge in [0.05, 0.1) is 22.0 Å². The van der Waals surface area contributed by atoms with Crippen LogP contribution in [0.3, 0.4) is 0 Å². The van der Waals surface area contributed by atoms with Crippen molar-refractivity contribution in [1.82, 2.24) is 5.32 Å². The van der Waals surface area contributed by atoms with Gasteiger partial charge >= 0.3 is 0 Å². The third kappa shape index (κ3) is 3.66. The van der Waals surface area contributed by atoms with Gasteiger partial charge in [0.1, 0.15) is 5.02 Å². The summed E-state index contributed by atoms with van der Waals surface area (Å²) in [7, 11) is 0. The molecule has 0 fully saturated rings. The van der Waals surface area contributed by atoms with Crippen molar-refractivity contribution in [2.45, 2.75) is 13.8 Å². The predicted octanol–water partition coefficient (Wildman–Crippen LogP) is 2.53. The van der Waals surface area contributed by atoms with Crippen molar-refractivity contribution < 1.29 is 9.72 Å². The Labute approximate surface area is 115 Å². The lowest BCUT2D eigenvalue weighted by molar-refractivity contribution is -0.384. The minimum absolute atomic E-state index is 0.0182. The number of nitro benzene ring substituents is 1. The van der Waals surface area contributed by atoms with Crippen LogP contribution in [0.2, 0.25) is 5.02 Å². The van der Waals surface area contributed by atoms with Crippen molar-refractivity contribution in [3.63, 3.8) is 0 Å². The molecule has 1 N–H and O–H groups in total. The van der Waals surface area contributed by atoms with E-state index in [4.69, 9.17) is 16.9 Å². The third-order valence-corrected chi connectivity index (χ3v) is 2.81. The zero-order valence-corrected chi connectivity index (χ0v) is 11.2. The lowest BCUT2D eigenvalue weighted by atomic mass is 9.96. The van der Waals surface area contributed by atoms with Crippen LogP contribution in [0, 0.1) is 26.9 Å². The summed E-state index contributed by atoms with van der Waals surface area (Å²) in [4.78, 5) is 21.9. The van der Waals surface area contributed by atoms with Crippen LogP contribution in [0.25, 0.3) is 0 Å². The number of rotatable bonds is 4. The number of nitriles is 1. The Morgan fingerprint density at radius 2 is 2.21 bits per heavy atom. The molecule has 7 heteroatoms. The Balaban J connectivity index is 2.93. The zero-order chi connectivity index (χ0) is 14.6. The molecule has 0 aliphatic heterocycles. The van der Waals surface area contributed by atoms with Gasteiger partial charge in [0.25, 0.3) is 11.6 Å². The third-order valence-electron chi connectivity index (χ3n) is 2.41. The van der Waals surface area contributed by atoms with Crippen molar-refractivity contribution >= 4 is 23.2 Å². The van der Waals surface area contributed by atoms with Gasteiger partial charge in [-0.25, -0.2) is 0 Å². The summed E-state index contributed by atoms with van der Waals surface area (Å²) < 4.78 is 0. The van der Waals surface area contributed by atoms with Gasteiger partial charge in [0.15, 0.2) is 0 Å². The molecule has 1 aromatic carbocycles. The zero-order valence-electron chi connectivity index (χ0n) is 10.4. The van der Waals surface area contributed by atoms with Crippen molar-refractivity contribution in [2.75, 3.05) is 6.54 Å². The van der Waals surface area contributed by atoms with E-state index in [1.807, 2.05) is 6.07 Å². The second kappa shape index (κ2) is 5.67. The summed E-state index contributed by atoms with van der Waals surface area (Å²) in [5.41, 5.74) is -1.03. The second-order valence-corrected chi connectivity index (χ2v) is 4.95. The van der Waals surface area contributed by atoms with E-state index in [0.29, 0.717) is 0 Å². The van der Waals surface area contributed by atoms with E-state index in [1.165, 1.54) is 18.2 Å². The standard InChI is InChI=1S/C12H12ClN3O3/c1-12(2,6-14)7-15-11(17)8-4-3-5-9(10(8)13)16(18)19/h3-5H,7H2,1-2H3,(H,15,17). The molecule has 100 valence electrons. The number of amides is 1. The average molecular weight is 282 g/mol. The summed E-state index contributed by atoms with van der Waals surface area (Å²) in [5, 5.41) is 21.9. The molecular weight excluding hydrogens is 270 g/mol. The van der Waals surface area contributed by atoms with Crippen LogP contribution in [0.15, 0.2) is 18.2 Å². The summed E-state index contributed by atoms with van der Waals surface area (Å²) >= 11 is 5.82. The number of benzene rings is 1. The van der Waals surface area contributed by atoms with Crippen LogP contribution < -0.4 is 5.32 Å². The Kier molecular flexibility index (Phi) is 4.46. The van der Waals surface area contributed by atoms with Crippen molar-refractivity contribution in [1.29, 1.82) is 5.26 Å². The summed E-state index contributed by atoms with van der Waals surface area (Å²) in [6.45, 7) is 3.46. The van der Waals surface area contributed by atoms with Crippen molar-refractivity contribution in [3.05, 3.63) is 38.9 Å². The van der Waals surface area contributed by atoms with Gasteiger partial charge in [0.2, 0.25) is 0 Å². The molecule has 0 bridgehead atoms. The van der Waals surface area contributed by atoms with Crippen LogP contribution in [0.5, 0.6) is 0 Å². The maximum absolute atomic E-state index is 11.9. The first kappa shape index (κ1) is 14.9. The topological polar surface area (TPSA) is 96.0 Å². The first-order valence-corrected chi connectivity index (χ1v) is 5.78. The molecule has 0 aliphatic carbocycles. The van der Waals surface area contributed by atoms with Crippen LogP contribution in [-0.2, 0) is 0 Å². The molecule has 0 unspecified atom stereocenters. The predicted molar refractivity (Wildman–Crippen MR) is 69.8 cm³/mol. The molecule has 1 amide bonds. The number of halogens is 1. The number of nitrogens with one attached hydrogen (secondary N) is 1. The Morgan fingerprint density at radius 3 is 2.74 bits per heavy atom. The minimum Gasteiger partial charge on any atom is -0.350 e. The number of nitrogens with zero attached hydrogens (tertiary/aromatic N) is 2. The van der Waals surface area contributed by atoms with Gasteiger partial charge in [-0.05, 0) is 19.9 Å². The van der Waals surface area contributed by atoms with Crippen LogP contribution >= 0.6 is 11.6 Å². The van der Waals surface area contributed by atoms with E-state index in [0.717, 1.165) is 0 Å². The maximum atomic E-state index is 11.9. The minimum atomic E-state index is -0.719. The van der Waals surface area contributed by atoms with Crippen LogP contribution in [0.1, 0.15) is 24.2 Å². The summed E-state index contributed by atoms with van der Waals surface area (Å²) in [6.07, 6.45) is 0. The van der Waals surface area contributed by atoms with E-state index in [2.05, 4.69) is 5.32 Å². The van der Waals surface area contributed by atoms with Gasteiger partial charge in [-0.2, -0.15) is 5.26 Å². The highest BCUT2D eigenvalue weighted by atomic mass is 35.5. The van der Waals surface area contributed by atoms with Gasteiger partial charge in [0, 0.05) is 12.6 Å². The molecule has 0 spiro atoms. The molecule has 0 atom stereocenters. The van der Waals surface area contributed by atoms with E-state index < -0.39 is 16.2 Å². The monoisotopic (exact) mass is 281 g/mol. The molecule has 1 rings (SSSR count). The summed E-state index contributed by atoms with van der Waals surface area (Å²) in [6, 6.07) is 6.03. The molecule has 0 saturated carbocycles. The molecule has 0 saturated heterocycles. The fourth-order valence-corrected chi connectivity index (χ4v) is 1.55. The highest BCUT2D eigenvalue weighted by Gasteiger charge is 2.22. The Bertz CT molecular complexity index is 564. The molecule has 6 nitrogen and oxygen atoms in total. The summed E-state index contributed by atoms with van der Waals surface area (Å²) in [5.74, 6) is -0.544. The average Bonchev–Trinajstić information content (AvgIpc) is 2.36. The number of carbonyl (C=O) groups excluding carboxylic acids is 1. The van der Waals surface area contributed by atoms with E-state index in [-0.39, 0.29) is 22.8 Å². The molecule has 0 heterocycles. The van der Waals surface area contributed by atoms with Gasteiger partial charge in [-0.15, -0.1) is 0 Å². The van der Waals surface area contributed by atoms with E-state index in [9.17, 15) is 14.9 Å². The molecule has 0 aliphatic rings. The smallest absolute Gasteiger partial charge is 0.288 e. The van der Waals surface area contributed by atoms with E-state index >= 15 is 0 Å². The second-order valence-electron chi connectivity index (χ2n) is 4.57. The van der Waals surface area contributed by atoms with Crippen LogP contribution in [0.4, 0.5) is 5.69 Å². The quantitative estimate of drug-likeness (QED) is 0.677. The highest BCUT2D eigenvalue weighted by Crippen LogP contribution is 2.27. The van der Waals surface area contributed by atoms with E-state index in [1.54, 1.807) is 13.8 Å². The van der Waals surface area contributed by atoms with Crippen molar-refractivity contribution in [3.8, 4) is 6.07 Å². The number of carbonyl (C=O) groups is 1. The first-order chi connectivity index (χ1) is 8.78.